The molecular weight excluding hydrogens is 258 g/mol. The van der Waals surface area contributed by atoms with Crippen molar-refractivity contribution in [3.63, 3.8) is 0 Å². The molecule has 0 aromatic carbocycles. The van der Waals surface area contributed by atoms with Crippen molar-refractivity contribution in [2.45, 2.75) is 31.7 Å². The highest BCUT2D eigenvalue weighted by Gasteiger charge is 2.42. The molecule has 0 aliphatic carbocycles. The lowest BCUT2D eigenvalue weighted by Gasteiger charge is -2.34. The zero-order valence-electron chi connectivity index (χ0n) is 13.1. The summed E-state index contributed by atoms with van der Waals surface area (Å²) in [6.45, 7) is 3.86. The van der Waals surface area contributed by atoms with Gasteiger partial charge in [0.05, 0.1) is 18.7 Å². The Morgan fingerprint density at radius 3 is 2.50 bits per heavy atom. The number of rotatable bonds is 7. The molecule has 6 nitrogen and oxygen atoms in total. The summed E-state index contributed by atoms with van der Waals surface area (Å²) >= 11 is 0. The van der Waals surface area contributed by atoms with Crippen molar-refractivity contribution in [1.29, 1.82) is 0 Å². The summed E-state index contributed by atoms with van der Waals surface area (Å²) in [4.78, 5) is 27.8. The Morgan fingerprint density at radius 1 is 1.35 bits per heavy atom. The number of ether oxygens (including phenoxy) is 1. The molecule has 2 amide bonds. The summed E-state index contributed by atoms with van der Waals surface area (Å²) in [6, 6.07) is 0. The van der Waals surface area contributed by atoms with Crippen molar-refractivity contribution < 1.29 is 14.3 Å². The summed E-state index contributed by atoms with van der Waals surface area (Å²) in [5.41, 5.74) is -0.500. The molecule has 0 spiro atoms. The van der Waals surface area contributed by atoms with E-state index in [1.54, 1.807) is 26.1 Å². The van der Waals surface area contributed by atoms with Crippen molar-refractivity contribution in [1.82, 2.24) is 15.1 Å². The molecule has 1 fully saturated rings. The van der Waals surface area contributed by atoms with E-state index in [-0.39, 0.29) is 18.4 Å². The van der Waals surface area contributed by atoms with E-state index >= 15 is 0 Å². The highest BCUT2D eigenvalue weighted by molar-refractivity contribution is 5.90. The number of nitrogens with zero attached hydrogens (tertiary/aromatic N) is 2. The first kappa shape index (κ1) is 16.9. The van der Waals surface area contributed by atoms with Gasteiger partial charge in [0.1, 0.15) is 0 Å². The molecule has 1 saturated heterocycles. The van der Waals surface area contributed by atoms with Gasteiger partial charge in [0.15, 0.2) is 0 Å². The number of methoxy groups -OCH3 is 1. The second-order valence-electron chi connectivity index (χ2n) is 5.47. The van der Waals surface area contributed by atoms with Crippen LogP contribution in [0.2, 0.25) is 0 Å². The second-order valence-corrected chi connectivity index (χ2v) is 5.47. The van der Waals surface area contributed by atoms with Gasteiger partial charge in [0, 0.05) is 27.7 Å². The maximum atomic E-state index is 12.8. The molecule has 20 heavy (non-hydrogen) atoms. The Morgan fingerprint density at radius 2 is 2.05 bits per heavy atom. The zero-order chi connectivity index (χ0) is 15.2. The topological polar surface area (TPSA) is 61.9 Å². The van der Waals surface area contributed by atoms with Gasteiger partial charge in [-0.2, -0.15) is 0 Å². The molecule has 1 rings (SSSR count). The fourth-order valence-electron chi connectivity index (χ4n) is 2.50. The van der Waals surface area contributed by atoms with Gasteiger partial charge in [-0.05, 0) is 25.8 Å². The SMILES string of the molecule is CCC1(C(=O)N(CCOC)CC(=O)N(C)C)CCCN1. The molecule has 0 aromatic heterocycles. The fraction of sp³-hybridized carbons (Fsp3) is 0.857. The standard InChI is InChI=1S/C14H27N3O3/c1-5-14(7-6-8-15-14)13(19)17(9-10-20-4)11-12(18)16(2)3/h15H,5-11H2,1-4H3. The Kier molecular flexibility index (Phi) is 6.42. The van der Waals surface area contributed by atoms with Gasteiger partial charge in [-0.25, -0.2) is 0 Å². The van der Waals surface area contributed by atoms with Crippen LogP contribution in [0.25, 0.3) is 0 Å². The summed E-state index contributed by atoms with van der Waals surface area (Å²) in [6.07, 6.45) is 2.58. The van der Waals surface area contributed by atoms with Crippen LogP contribution in [0, 0.1) is 0 Å². The molecule has 1 aliphatic heterocycles. The van der Waals surface area contributed by atoms with Crippen LogP contribution < -0.4 is 5.32 Å². The summed E-state index contributed by atoms with van der Waals surface area (Å²) < 4.78 is 5.05. The molecule has 0 aromatic rings. The minimum Gasteiger partial charge on any atom is -0.383 e. The summed E-state index contributed by atoms with van der Waals surface area (Å²) in [7, 11) is 5.00. The van der Waals surface area contributed by atoms with Crippen LogP contribution in [0.5, 0.6) is 0 Å². The molecule has 1 aliphatic rings. The van der Waals surface area contributed by atoms with E-state index in [1.807, 2.05) is 6.92 Å². The Labute approximate surface area is 121 Å². The second kappa shape index (κ2) is 7.59. The lowest BCUT2D eigenvalue weighted by molar-refractivity contribution is -0.144. The maximum absolute atomic E-state index is 12.8. The summed E-state index contributed by atoms with van der Waals surface area (Å²) in [5.74, 6) is -0.0524. The molecule has 0 radical (unpaired) electrons. The number of hydrogen-bond acceptors (Lipinski definition) is 4. The van der Waals surface area contributed by atoms with Crippen molar-refractivity contribution >= 4 is 11.8 Å². The molecule has 6 heteroatoms. The first-order valence-electron chi connectivity index (χ1n) is 7.20. The maximum Gasteiger partial charge on any atom is 0.243 e. The Balaban J connectivity index is 2.80. The van der Waals surface area contributed by atoms with Crippen LogP contribution in [0.15, 0.2) is 0 Å². The lowest BCUT2D eigenvalue weighted by atomic mass is 9.92. The average Bonchev–Trinajstić information content (AvgIpc) is 2.92. The van der Waals surface area contributed by atoms with E-state index in [0.717, 1.165) is 25.8 Å². The minimum atomic E-state index is -0.500. The number of carbonyl (C=O) groups excluding carboxylic acids is 2. The molecule has 1 N–H and O–H groups in total. The highest BCUT2D eigenvalue weighted by Crippen LogP contribution is 2.25. The van der Waals surface area contributed by atoms with Gasteiger partial charge < -0.3 is 19.9 Å². The van der Waals surface area contributed by atoms with E-state index < -0.39 is 5.54 Å². The first-order valence-corrected chi connectivity index (χ1v) is 7.20. The van der Waals surface area contributed by atoms with E-state index in [1.165, 1.54) is 4.90 Å². The molecule has 0 saturated carbocycles. The molecular formula is C14H27N3O3. The predicted molar refractivity (Wildman–Crippen MR) is 77.4 cm³/mol. The van der Waals surface area contributed by atoms with Gasteiger partial charge in [-0.1, -0.05) is 6.92 Å². The van der Waals surface area contributed by atoms with Crippen LogP contribution in [0.4, 0.5) is 0 Å². The largest absolute Gasteiger partial charge is 0.383 e. The van der Waals surface area contributed by atoms with Crippen LogP contribution in [0.1, 0.15) is 26.2 Å². The van der Waals surface area contributed by atoms with Gasteiger partial charge in [0.25, 0.3) is 0 Å². The number of nitrogens with one attached hydrogen (secondary N) is 1. The number of amides is 2. The van der Waals surface area contributed by atoms with Crippen molar-refractivity contribution in [3.8, 4) is 0 Å². The minimum absolute atomic E-state index is 0.0183. The van der Waals surface area contributed by atoms with Crippen LogP contribution in [-0.4, -0.2) is 74.6 Å². The molecule has 0 bridgehead atoms. The zero-order valence-corrected chi connectivity index (χ0v) is 13.1. The molecule has 1 heterocycles. The van der Waals surface area contributed by atoms with Gasteiger partial charge in [-0.15, -0.1) is 0 Å². The monoisotopic (exact) mass is 285 g/mol. The van der Waals surface area contributed by atoms with Crippen LogP contribution in [0.3, 0.4) is 0 Å². The van der Waals surface area contributed by atoms with E-state index in [0.29, 0.717) is 13.2 Å². The van der Waals surface area contributed by atoms with Crippen molar-refractivity contribution in [2.75, 3.05) is 47.4 Å². The van der Waals surface area contributed by atoms with E-state index in [4.69, 9.17) is 4.74 Å². The Hall–Kier alpha value is -1.14. The molecule has 1 unspecified atom stereocenters. The van der Waals surface area contributed by atoms with Crippen LogP contribution in [-0.2, 0) is 14.3 Å². The number of likely N-dealkylation sites (N-methyl/N-ethyl adjacent to an activating group) is 1. The summed E-state index contributed by atoms with van der Waals surface area (Å²) in [5, 5.41) is 3.32. The van der Waals surface area contributed by atoms with E-state index in [9.17, 15) is 9.59 Å². The third kappa shape index (κ3) is 3.93. The average molecular weight is 285 g/mol. The normalized spacial score (nSPS) is 21.8. The quantitative estimate of drug-likeness (QED) is 0.720. The Bertz CT molecular complexity index is 339. The van der Waals surface area contributed by atoms with Gasteiger partial charge >= 0.3 is 0 Å². The third-order valence-electron chi connectivity index (χ3n) is 3.93. The molecule has 1 atom stereocenters. The molecule has 116 valence electrons. The van der Waals surface area contributed by atoms with Crippen molar-refractivity contribution in [2.24, 2.45) is 0 Å². The first-order chi connectivity index (χ1) is 9.46. The number of hydrogen-bond donors (Lipinski definition) is 1. The van der Waals surface area contributed by atoms with Crippen LogP contribution >= 0.6 is 0 Å². The predicted octanol–water partition coefficient (Wildman–Crippen LogP) is 0.0818. The smallest absolute Gasteiger partial charge is 0.243 e. The third-order valence-corrected chi connectivity index (χ3v) is 3.93. The van der Waals surface area contributed by atoms with E-state index in [2.05, 4.69) is 5.32 Å². The fourth-order valence-corrected chi connectivity index (χ4v) is 2.50. The highest BCUT2D eigenvalue weighted by atomic mass is 16.5. The van der Waals surface area contributed by atoms with Gasteiger partial charge in [0.2, 0.25) is 11.8 Å². The lowest BCUT2D eigenvalue weighted by Crippen LogP contribution is -2.56. The van der Waals surface area contributed by atoms with Crippen molar-refractivity contribution in [3.05, 3.63) is 0 Å². The van der Waals surface area contributed by atoms with Gasteiger partial charge in [-0.3, -0.25) is 9.59 Å². The number of carbonyl (C=O) groups is 2.